The number of hydrogen-bond donors (Lipinski definition) is 0. The Bertz CT molecular complexity index is 495. The number of likely N-dealkylation sites (N-methyl/N-ethyl adjacent to an activating group) is 1. The Balaban J connectivity index is 1.70. The maximum Gasteiger partial charge on any atom is 0.266 e. The fourth-order valence-electron chi connectivity index (χ4n) is 2.32. The van der Waals surface area contributed by atoms with Crippen LogP contribution in [0.3, 0.4) is 0 Å². The lowest BCUT2D eigenvalue weighted by atomic mass is 10.1. The van der Waals surface area contributed by atoms with Crippen molar-refractivity contribution in [3.63, 3.8) is 0 Å². The lowest BCUT2D eigenvalue weighted by Crippen LogP contribution is -2.46. The highest BCUT2D eigenvalue weighted by molar-refractivity contribution is 8.15. The molecule has 0 aliphatic carbocycles. The van der Waals surface area contributed by atoms with Crippen molar-refractivity contribution in [3.8, 4) is 0 Å². The molecule has 19 heavy (non-hydrogen) atoms. The molecule has 2 aliphatic heterocycles. The van der Waals surface area contributed by atoms with Crippen molar-refractivity contribution in [2.75, 3.05) is 33.2 Å². The maximum absolute atomic E-state index is 12.0. The van der Waals surface area contributed by atoms with Gasteiger partial charge in [-0.2, -0.15) is 4.99 Å². The van der Waals surface area contributed by atoms with Crippen LogP contribution in [0.2, 0.25) is 0 Å². The van der Waals surface area contributed by atoms with Crippen LogP contribution in [0.15, 0.2) is 35.3 Å². The SMILES string of the molecule is CN1CCN(C2=NC(=O)C(c3ccccc3)S2)CC1. The third-order valence-corrected chi connectivity index (χ3v) is 4.80. The summed E-state index contributed by atoms with van der Waals surface area (Å²) in [6.07, 6.45) is 0. The number of piperazine rings is 1. The van der Waals surface area contributed by atoms with Crippen molar-refractivity contribution in [3.05, 3.63) is 35.9 Å². The molecular formula is C14H17N3OS. The molecule has 100 valence electrons. The van der Waals surface area contributed by atoms with Gasteiger partial charge in [-0.15, -0.1) is 0 Å². The Morgan fingerprint density at radius 2 is 1.84 bits per heavy atom. The normalized spacial score (nSPS) is 24.7. The molecule has 1 saturated heterocycles. The smallest absolute Gasteiger partial charge is 0.266 e. The zero-order chi connectivity index (χ0) is 13.2. The Morgan fingerprint density at radius 3 is 2.53 bits per heavy atom. The summed E-state index contributed by atoms with van der Waals surface area (Å²) in [5.41, 5.74) is 1.05. The summed E-state index contributed by atoms with van der Waals surface area (Å²) in [6.45, 7) is 3.97. The minimum Gasteiger partial charge on any atom is -0.348 e. The van der Waals surface area contributed by atoms with Crippen LogP contribution in [-0.4, -0.2) is 54.1 Å². The fourth-order valence-corrected chi connectivity index (χ4v) is 3.45. The molecule has 0 bridgehead atoms. The largest absolute Gasteiger partial charge is 0.348 e. The molecule has 1 aromatic rings. The van der Waals surface area contributed by atoms with E-state index in [1.807, 2.05) is 30.3 Å². The van der Waals surface area contributed by atoms with Crippen LogP contribution in [0.4, 0.5) is 0 Å². The van der Waals surface area contributed by atoms with Crippen LogP contribution in [-0.2, 0) is 4.79 Å². The first-order chi connectivity index (χ1) is 9.24. The highest BCUT2D eigenvalue weighted by Crippen LogP contribution is 2.37. The number of amides is 1. The van der Waals surface area contributed by atoms with Gasteiger partial charge in [0, 0.05) is 26.2 Å². The van der Waals surface area contributed by atoms with E-state index in [1.54, 1.807) is 11.8 Å². The fraction of sp³-hybridized carbons (Fsp3) is 0.429. The summed E-state index contributed by atoms with van der Waals surface area (Å²) in [6, 6.07) is 9.90. The topological polar surface area (TPSA) is 35.9 Å². The molecule has 1 atom stereocenters. The van der Waals surface area contributed by atoms with Crippen molar-refractivity contribution in [2.24, 2.45) is 4.99 Å². The molecule has 2 aliphatic rings. The van der Waals surface area contributed by atoms with Gasteiger partial charge < -0.3 is 9.80 Å². The van der Waals surface area contributed by atoms with Crippen molar-refractivity contribution < 1.29 is 4.79 Å². The van der Waals surface area contributed by atoms with Crippen molar-refractivity contribution in [1.82, 2.24) is 9.80 Å². The zero-order valence-electron chi connectivity index (χ0n) is 11.0. The first kappa shape index (κ1) is 12.7. The summed E-state index contributed by atoms with van der Waals surface area (Å²) >= 11 is 1.59. The number of aliphatic imine (C=N–C) groups is 1. The third kappa shape index (κ3) is 2.67. The average molecular weight is 275 g/mol. The summed E-state index contributed by atoms with van der Waals surface area (Å²) in [5, 5.41) is 0.739. The van der Waals surface area contributed by atoms with Gasteiger partial charge in [-0.1, -0.05) is 42.1 Å². The third-order valence-electron chi connectivity index (χ3n) is 3.53. The van der Waals surface area contributed by atoms with E-state index in [9.17, 15) is 4.79 Å². The average Bonchev–Trinajstić information content (AvgIpc) is 2.83. The monoisotopic (exact) mass is 275 g/mol. The molecule has 0 spiro atoms. The van der Waals surface area contributed by atoms with Gasteiger partial charge in [-0.25, -0.2) is 0 Å². The van der Waals surface area contributed by atoms with E-state index in [2.05, 4.69) is 21.8 Å². The predicted molar refractivity (Wildman–Crippen MR) is 78.3 cm³/mol. The Labute approximate surface area is 117 Å². The number of carbonyl (C=O) groups excluding carboxylic acids is 1. The van der Waals surface area contributed by atoms with E-state index in [1.165, 1.54) is 0 Å². The van der Waals surface area contributed by atoms with E-state index in [0.717, 1.165) is 36.9 Å². The summed E-state index contributed by atoms with van der Waals surface area (Å²) in [7, 11) is 2.12. The van der Waals surface area contributed by atoms with Crippen molar-refractivity contribution in [1.29, 1.82) is 0 Å². The molecule has 2 heterocycles. The maximum atomic E-state index is 12.0. The summed E-state index contributed by atoms with van der Waals surface area (Å²) < 4.78 is 0. The zero-order valence-corrected chi connectivity index (χ0v) is 11.8. The van der Waals surface area contributed by atoms with Gasteiger partial charge in [0.25, 0.3) is 5.91 Å². The predicted octanol–water partition coefficient (Wildman–Crippen LogP) is 1.60. The number of carbonyl (C=O) groups is 1. The second kappa shape index (κ2) is 5.35. The van der Waals surface area contributed by atoms with E-state index < -0.39 is 0 Å². The minimum absolute atomic E-state index is 0.0230. The highest BCUT2D eigenvalue weighted by Gasteiger charge is 2.33. The Morgan fingerprint density at radius 1 is 1.16 bits per heavy atom. The van der Waals surface area contributed by atoms with E-state index in [0.29, 0.717) is 0 Å². The Hall–Kier alpha value is -1.33. The molecule has 0 radical (unpaired) electrons. The molecule has 1 fully saturated rings. The summed E-state index contributed by atoms with van der Waals surface area (Å²) in [5.74, 6) is -0.0230. The lowest BCUT2D eigenvalue weighted by molar-refractivity contribution is -0.117. The van der Waals surface area contributed by atoms with Gasteiger partial charge in [-0.3, -0.25) is 4.79 Å². The van der Waals surface area contributed by atoms with Crippen LogP contribution in [0, 0.1) is 0 Å². The highest BCUT2D eigenvalue weighted by atomic mass is 32.2. The first-order valence-electron chi connectivity index (χ1n) is 6.51. The van der Waals surface area contributed by atoms with Crippen molar-refractivity contribution >= 4 is 22.8 Å². The molecular weight excluding hydrogens is 258 g/mol. The number of nitrogens with zero attached hydrogens (tertiary/aromatic N) is 3. The van der Waals surface area contributed by atoms with Gasteiger partial charge in [-0.05, 0) is 12.6 Å². The molecule has 1 unspecified atom stereocenters. The van der Waals surface area contributed by atoms with Gasteiger partial charge in [0.2, 0.25) is 0 Å². The van der Waals surface area contributed by atoms with Crippen LogP contribution >= 0.6 is 11.8 Å². The molecule has 0 saturated carbocycles. The molecule has 0 aromatic heterocycles. The van der Waals surface area contributed by atoms with Gasteiger partial charge >= 0.3 is 0 Å². The van der Waals surface area contributed by atoms with Gasteiger partial charge in [0.05, 0.1) is 0 Å². The van der Waals surface area contributed by atoms with Crippen LogP contribution < -0.4 is 0 Å². The number of rotatable bonds is 1. The van der Waals surface area contributed by atoms with Crippen LogP contribution in [0.5, 0.6) is 0 Å². The number of hydrogen-bond acceptors (Lipinski definition) is 4. The molecule has 3 rings (SSSR count). The number of benzene rings is 1. The Kier molecular flexibility index (Phi) is 3.57. The minimum atomic E-state index is -0.157. The first-order valence-corrected chi connectivity index (χ1v) is 7.39. The molecule has 1 amide bonds. The molecule has 1 aromatic carbocycles. The molecule has 0 N–H and O–H groups in total. The lowest BCUT2D eigenvalue weighted by Gasteiger charge is -2.33. The number of amidine groups is 1. The van der Waals surface area contributed by atoms with E-state index in [4.69, 9.17) is 0 Å². The second-order valence-electron chi connectivity index (χ2n) is 4.93. The van der Waals surface area contributed by atoms with E-state index >= 15 is 0 Å². The van der Waals surface area contributed by atoms with Crippen LogP contribution in [0.25, 0.3) is 0 Å². The number of thioether (sulfide) groups is 1. The van der Waals surface area contributed by atoms with Gasteiger partial charge in [0.1, 0.15) is 5.25 Å². The van der Waals surface area contributed by atoms with Crippen molar-refractivity contribution in [2.45, 2.75) is 5.25 Å². The summed E-state index contributed by atoms with van der Waals surface area (Å²) in [4.78, 5) is 20.8. The van der Waals surface area contributed by atoms with E-state index in [-0.39, 0.29) is 11.2 Å². The van der Waals surface area contributed by atoms with Crippen LogP contribution in [0.1, 0.15) is 10.8 Å². The molecule has 4 nitrogen and oxygen atoms in total. The standard InChI is InChI=1S/C14H17N3OS/c1-16-7-9-17(10-8-16)14-15-13(18)12(19-14)11-5-3-2-4-6-11/h2-6,12H,7-10H2,1H3. The quantitative estimate of drug-likeness (QED) is 0.780. The molecule has 5 heteroatoms. The van der Waals surface area contributed by atoms with Gasteiger partial charge in [0.15, 0.2) is 5.17 Å². The second-order valence-corrected chi connectivity index (χ2v) is 6.00.